The molecule has 26 heavy (non-hydrogen) atoms. The Morgan fingerprint density at radius 1 is 1.31 bits per heavy atom. The summed E-state index contributed by atoms with van der Waals surface area (Å²) in [7, 11) is 0. The molecule has 144 valence electrons. The average Bonchev–Trinajstić information content (AvgIpc) is 2.80. The first-order valence-corrected chi connectivity index (χ1v) is 8.96. The highest BCUT2D eigenvalue weighted by Gasteiger charge is 2.48. The van der Waals surface area contributed by atoms with Crippen molar-refractivity contribution in [2.45, 2.75) is 57.3 Å². The summed E-state index contributed by atoms with van der Waals surface area (Å²) in [6, 6.07) is 6.66. The monoisotopic (exact) mass is 372 g/mol. The van der Waals surface area contributed by atoms with Gasteiger partial charge in [0.2, 0.25) is 5.91 Å². The second-order valence-electron chi connectivity index (χ2n) is 7.94. The van der Waals surface area contributed by atoms with Gasteiger partial charge in [0.05, 0.1) is 6.42 Å². The minimum absolute atomic E-state index is 0.165. The number of hydrogen-bond donors (Lipinski definition) is 0. The van der Waals surface area contributed by atoms with Crippen LogP contribution >= 0.6 is 0 Å². The molecule has 2 aliphatic rings. The predicted molar refractivity (Wildman–Crippen MR) is 91.3 cm³/mol. The van der Waals surface area contributed by atoms with E-state index in [1.165, 1.54) is 12.1 Å². The molecule has 1 aromatic rings. The summed E-state index contributed by atoms with van der Waals surface area (Å²) >= 11 is 0. The van der Waals surface area contributed by atoms with Gasteiger partial charge < -0.3 is 9.80 Å². The lowest BCUT2D eigenvalue weighted by molar-refractivity contribution is -0.150. The number of carbonyl (C=O) groups is 1. The molecule has 2 saturated heterocycles. The minimum Gasteiger partial charge on any atom is -0.363 e. The van der Waals surface area contributed by atoms with Crippen molar-refractivity contribution in [1.29, 1.82) is 0 Å². The van der Waals surface area contributed by atoms with Crippen molar-refractivity contribution < 1.29 is 22.4 Å². The maximum atomic E-state index is 13.7. The molecule has 3 nitrogen and oxygen atoms in total. The topological polar surface area (TPSA) is 23.6 Å². The lowest BCUT2D eigenvalue weighted by Gasteiger charge is -2.42. The summed E-state index contributed by atoms with van der Waals surface area (Å²) in [5.74, 6) is -0.541. The molecule has 0 aliphatic carbocycles. The van der Waals surface area contributed by atoms with Crippen LogP contribution in [0.3, 0.4) is 0 Å². The van der Waals surface area contributed by atoms with Gasteiger partial charge in [-0.1, -0.05) is 6.07 Å². The van der Waals surface area contributed by atoms with E-state index in [0.29, 0.717) is 19.5 Å². The van der Waals surface area contributed by atoms with E-state index in [4.69, 9.17) is 0 Å². The number of halogens is 4. The first kappa shape index (κ1) is 19.0. The standard InChI is InChI=1S/C19H24F4N2O/c1-18(2)11-13-12-24(17(26)6-8-19(21,22)23)9-7-16(13)25(18)15-5-3-4-14(20)10-15/h3-5,10,13,16H,6-9,11-12H2,1-2H3/t13-,16+/m1/s1. The molecule has 3 rings (SSSR count). The first-order chi connectivity index (χ1) is 12.1. The molecule has 1 aromatic carbocycles. The van der Waals surface area contributed by atoms with Crippen LogP contribution in [0.1, 0.15) is 39.5 Å². The number of nitrogens with zero attached hydrogens (tertiary/aromatic N) is 2. The van der Waals surface area contributed by atoms with Crippen LogP contribution in [0.2, 0.25) is 0 Å². The van der Waals surface area contributed by atoms with Crippen LogP contribution in [-0.4, -0.2) is 41.7 Å². The zero-order valence-corrected chi connectivity index (χ0v) is 15.0. The fourth-order valence-electron chi connectivity index (χ4n) is 4.55. The maximum Gasteiger partial charge on any atom is 0.389 e. The third-order valence-corrected chi connectivity index (χ3v) is 5.50. The highest BCUT2D eigenvalue weighted by Crippen LogP contribution is 2.44. The number of likely N-dealkylation sites (tertiary alicyclic amines) is 1. The third kappa shape index (κ3) is 3.96. The fraction of sp³-hybridized carbons (Fsp3) is 0.632. The van der Waals surface area contributed by atoms with Gasteiger partial charge in [-0.3, -0.25) is 4.79 Å². The van der Waals surface area contributed by atoms with Crippen LogP contribution in [0, 0.1) is 11.7 Å². The summed E-state index contributed by atoms with van der Waals surface area (Å²) < 4.78 is 50.8. The molecule has 2 aliphatic heterocycles. The summed E-state index contributed by atoms with van der Waals surface area (Å²) in [5.41, 5.74) is 0.619. The molecule has 2 atom stereocenters. The smallest absolute Gasteiger partial charge is 0.363 e. The molecule has 2 heterocycles. The Bertz CT molecular complexity index is 674. The van der Waals surface area contributed by atoms with Gasteiger partial charge in [-0.25, -0.2) is 4.39 Å². The van der Waals surface area contributed by atoms with Crippen molar-refractivity contribution in [3.05, 3.63) is 30.1 Å². The zero-order chi connectivity index (χ0) is 19.1. The molecule has 1 amide bonds. The van der Waals surface area contributed by atoms with E-state index < -0.39 is 24.9 Å². The number of piperidine rings is 1. The van der Waals surface area contributed by atoms with Crippen molar-refractivity contribution in [3.63, 3.8) is 0 Å². The normalized spacial score (nSPS) is 25.3. The van der Waals surface area contributed by atoms with Gasteiger partial charge in [0.15, 0.2) is 0 Å². The third-order valence-electron chi connectivity index (χ3n) is 5.50. The van der Waals surface area contributed by atoms with E-state index in [-0.39, 0.29) is 23.3 Å². The van der Waals surface area contributed by atoms with Crippen molar-refractivity contribution in [2.24, 2.45) is 5.92 Å². The van der Waals surface area contributed by atoms with Gasteiger partial charge in [0.1, 0.15) is 5.82 Å². The number of amides is 1. The quantitative estimate of drug-likeness (QED) is 0.736. The summed E-state index contributed by atoms with van der Waals surface area (Å²) in [6.45, 7) is 5.09. The molecule has 0 bridgehead atoms. The molecular formula is C19H24F4N2O. The number of hydrogen-bond acceptors (Lipinski definition) is 2. The van der Waals surface area contributed by atoms with Crippen LogP contribution < -0.4 is 4.90 Å². The Hall–Kier alpha value is -1.79. The van der Waals surface area contributed by atoms with Gasteiger partial charge in [0.25, 0.3) is 0 Å². The lowest BCUT2D eigenvalue weighted by atomic mass is 9.89. The first-order valence-electron chi connectivity index (χ1n) is 8.96. The van der Waals surface area contributed by atoms with Crippen LogP contribution in [0.15, 0.2) is 24.3 Å². The van der Waals surface area contributed by atoms with E-state index in [1.807, 2.05) is 6.07 Å². The molecule has 0 radical (unpaired) electrons. The maximum absolute atomic E-state index is 13.7. The Morgan fingerprint density at radius 3 is 2.69 bits per heavy atom. The molecular weight excluding hydrogens is 348 g/mol. The molecule has 0 spiro atoms. The van der Waals surface area contributed by atoms with Crippen LogP contribution in [-0.2, 0) is 4.79 Å². The Kier molecular flexibility index (Phi) is 4.92. The number of alkyl halides is 3. The Balaban J connectivity index is 1.71. The van der Waals surface area contributed by atoms with Gasteiger partial charge in [0, 0.05) is 36.8 Å². The van der Waals surface area contributed by atoms with E-state index in [9.17, 15) is 22.4 Å². The van der Waals surface area contributed by atoms with E-state index >= 15 is 0 Å². The second kappa shape index (κ2) is 6.74. The number of carbonyl (C=O) groups excluding carboxylic acids is 1. The SMILES string of the molecule is CC1(C)C[C@@H]2CN(C(=O)CCC(F)(F)F)CC[C@@H]2N1c1cccc(F)c1. The average molecular weight is 372 g/mol. The zero-order valence-electron chi connectivity index (χ0n) is 15.0. The van der Waals surface area contributed by atoms with E-state index in [1.54, 1.807) is 11.0 Å². The summed E-state index contributed by atoms with van der Waals surface area (Å²) in [6.07, 6.45) is -4.37. The molecule has 0 unspecified atom stereocenters. The molecule has 2 fully saturated rings. The van der Waals surface area contributed by atoms with Crippen molar-refractivity contribution in [2.75, 3.05) is 18.0 Å². The Morgan fingerprint density at radius 2 is 2.04 bits per heavy atom. The van der Waals surface area contributed by atoms with Crippen LogP contribution in [0.5, 0.6) is 0 Å². The fourth-order valence-corrected chi connectivity index (χ4v) is 4.55. The number of rotatable bonds is 3. The highest BCUT2D eigenvalue weighted by molar-refractivity contribution is 5.76. The van der Waals surface area contributed by atoms with Crippen LogP contribution in [0.25, 0.3) is 0 Å². The van der Waals surface area contributed by atoms with Gasteiger partial charge in [-0.05, 0) is 50.8 Å². The number of fused-ring (bicyclic) bond motifs is 1. The number of benzene rings is 1. The lowest BCUT2D eigenvalue weighted by Crippen LogP contribution is -2.50. The molecule has 0 N–H and O–H groups in total. The minimum atomic E-state index is -4.31. The molecule has 7 heteroatoms. The van der Waals surface area contributed by atoms with Gasteiger partial charge in [-0.15, -0.1) is 0 Å². The largest absolute Gasteiger partial charge is 0.389 e. The number of anilines is 1. The van der Waals surface area contributed by atoms with Crippen molar-refractivity contribution >= 4 is 11.6 Å². The van der Waals surface area contributed by atoms with E-state index in [0.717, 1.165) is 12.1 Å². The van der Waals surface area contributed by atoms with Crippen molar-refractivity contribution in [1.82, 2.24) is 4.90 Å². The van der Waals surface area contributed by atoms with Gasteiger partial charge in [-0.2, -0.15) is 13.2 Å². The summed E-state index contributed by atoms with van der Waals surface area (Å²) in [4.78, 5) is 15.9. The summed E-state index contributed by atoms with van der Waals surface area (Å²) in [5, 5.41) is 0. The Labute approximate surface area is 151 Å². The van der Waals surface area contributed by atoms with Crippen LogP contribution in [0.4, 0.5) is 23.2 Å². The van der Waals surface area contributed by atoms with Gasteiger partial charge >= 0.3 is 6.18 Å². The molecule has 0 saturated carbocycles. The molecule has 0 aromatic heterocycles. The van der Waals surface area contributed by atoms with Crippen molar-refractivity contribution in [3.8, 4) is 0 Å². The van der Waals surface area contributed by atoms with E-state index in [2.05, 4.69) is 18.7 Å². The predicted octanol–water partition coefficient (Wildman–Crippen LogP) is 4.37. The second-order valence-corrected chi connectivity index (χ2v) is 7.94. The highest BCUT2D eigenvalue weighted by atomic mass is 19.4.